The molecule has 0 aliphatic heterocycles. The van der Waals surface area contributed by atoms with Crippen molar-refractivity contribution in [1.82, 2.24) is 0 Å². The highest BCUT2D eigenvalue weighted by atomic mass is 19.1. The van der Waals surface area contributed by atoms with Gasteiger partial charge in [-0.2, -0.15) is 0 Å². The Balaban J connectivity index is 1.49. The molecule has 4 atom stereocenters. The lowest BCUT2D eigenvalue weighted by atomic mass is 9.63. The predicted molar refractivity (Wildman–Crippen MR) is 125 cm³/mol. The molecule has 2 saturated carbocycles. The summed E-state index contributed by atoms with van der Waals surface area (Å²) in [4.78, 5) is 0. The van der Waals surface area contributed by atoms with Crippen molar-refractivity contribution in [3.8, 4) is 5.75 Å². The van der Waals surface area contributed by atoms with Gasteiger partial charge < -0.3 is 4.74 Å². The molecule has 0 aromatic heterocycles. The van der Waals surface area contributed by atoms with Gasteiger partial charge in [0.05, 0.1) is 0 Å². The Morgan fingerprint density at radius 2 is 1.84 bits per heavy atom. The summed E-state index contributed by atoms with van der Waals surface area (Å²) in [6.07, 6.45) is 15.1. The van der Waals surface area contributed by atoms with E-state index < -0.39 is 5.82 Å². The van der Waals surface area contributed by atoms with E-state index in [9.17, 15) is 4.39 Å². The first kappa shape index (κ1) is 22.3. The van der Waals surface area contributed by atoms with Crippen LogP contribution in [0.5, 0.6) is 5.75 Å². The number of hydrogen-bond donors (Lipinski definition) is 0. The van der Waals surface area contributed by atoms with Crippen LogP contribution in [0.25, 0.3) is 10.8 Å². The number of rotatable bonds is 7. The van der Waals surface area contributed by atoms with Crippen LogP contribution in [0.4, 0.5) is 8.78 Å². The summed E-state index contributed by atoms with van der Waals surface area (Å²) in [5.74, 6) is 2.15. The van der Waals surface area contributed by atoms with Crippen molar-refractivity contribution in [3.05, 3.63) is 53.6 Å². The van der Waals surface area contributed by atoms with Crippen LogP contribution in [0.15, 0.2) is 36.4 Å². The van der Waals surface area contributed by atoms with E-state index in [0.29, 0.717) is 12.0 Å². The van der Waals surface area contributed by atoms with Crippen LogP contribution < -0.4 is 4.74 Å². The number of ether oxygens (including phenoxy) is 1. The normalized spacial score (nSPS) is 26.3. The summed E-state index contributed by atoms with van der Waals surface area (Å²) in [7, 11) is 0. The van der Waals surface area contributed by atoms with E-state index in [0.717, 1.165) is 41.5 Å². The molecule has 2 aliphatic carbocycles. The minimum Gasteiger partial charge on any atom is -0.486 e. The SMILES string of the molecule is C/C=C/COc1ccc2cc(C3CCC4CC(CCCC)CCC4C3)c(F)cc2c1F. The van der Waals surface area contributed by atoms with Crippen molar-refractivity contribution in [2.45, 2.75) is 77.6 Å². The van der Waals surface area contributed by atoms with Crippen LogP contribution in [-0.4, -0.2) is 6.61 Å². The summed E-state index contributed by atoms with van der Waals surface area (Å²) < 4.78 is 35.5. The Labute approximate surface area is 185 Å². The molecule has 168 valence electrons. The third-order valence-electron chi connectivity index (χ3n) is 7.73. The molecule has 0 N–H and O–H groups in total. The van der Waals surface area contributed by atoms with Crippen molar-refractivity contribution in [2.75, 3.05) is 6.61 Å². The van der Waals surface area contributed by atoms with Crippen LogP contribution in [0.3, 0.4) is 0 Å². The van der Waals surface area contributed by atoms with E-state index in [4.69, 9.17) is 4.74 Å². The number of allylic oxidation sites excluding steroid dienone is 1. The van der Waals surface area contributed by atoms with Gasteiger partial charge in [-0.05, 0) is 91.8 Å². The maximum absolute atomic E-state index is 15.1. The Kier molecular flexibility index (Phi) is 7.30. The lowest BCUT2D eigenvalue weighted by molar-refractivity contribution is 0.112. The second kappa shape index (κ2) is 10.1. The van der Waals surface area contributed by atoms with Gasteiger partial charge in [-0.1, -0.05) is 50.8 Å². The van der Waals surface area contributed by atoms with E-state index >= 15 is 4.39 Å². The molecule has 0 heterocycles. The van der Waals surface area contributed by atoms with Gasteiger partial charge >= 0.3 is 0 Å². The van der Waals surface area contributed by atoms with Gasteiger partial charge in [0.25, 0.3) is 0 Å². The maximum atomic E-state index is 15.1. The molecule has 0 radical (unpaired) electrons. The molecule has 2 aromatic carbocycles. The Hall–Kier alpha value is -1.90. The fourth-order valence-corrected chi connectivity index (χ4v) is 5.99. The van der Waals surface area contributed by atoms with Gasteiger partial charge in [-0.25, -0.2) is 8.78 Å². The summed E-state index contributed by atoms with van der Waals surface area (Å²) in [5.41, 5.74) is 0.779. The molecule has 2 aromatic rings. The summed E-state index contributed by atoms with van der Waals surface area (Å²) in [6, 6.07) is 6.80. The lowest BCUT2D eigenvalue weighted by Crippen LogP contribution is -2.30. The molecular weight excluding hydrogens is 390 g/mol. The van der Waals surface area contributed by atoms with Crippen LogP contribution in [0.1, 0.15) is 83.1 Å². The molecule has 1 nitrogen and oxygen atoms in total. The Bertz CT molecular complexity index is 919. The number of fused-ring (bicyclic) bond motifs is 2. The fraction of sp³-hybridized carbons (Fsp3) is 0.571. The second-order valence-electron chi connectivity index (χ2n) is 9.70. The molecule has 0 saturated heterocycles. The minimum atomic E-state index is -0.471. The van der Waals surface area contributed by atoms with Crippen molar-refractivity contribution >= 4 is 10.8 Å². The van der Waals surface area contributed by atoms with Gasteiger partial charge in [0, 0.05) is 5.39 Å². The van der Waals surface area contributed by atoms with Crippen molar-refractivity contribution < 1.29 is 13.5 Å². The van der Waals surface area contributed by atoms with Gasteiger partial charge in [-0.15, -0.1) is 0 Å². The summed E-state index contributed by atoms with van der Waals surface area (Å²) in [5, 5.41) is 1.07. The average Bonchev–Trinajstić information content (AvgIpc) is 2.79. The number of hydrogen-bond acceptors (Lipinski definition) is 1. The van der Waals surface area contributed by atoms with E-state index in [2.05, 4.69) is 6.92 Å². The van der Waals surface area contributed by atoms with Gasteiger partial charge in [0.1, 0.15) is 12.4 Å². The first-order chi connectivity index (χ1) is 15.1. The van der Waals surface area contributed by atoms with Crippen LogP contribution >= 0.6 is 0 Å². The summed E-state index contributed by atoms with van der Waals surface area (Å²) in [6.45, 7) is 4.48. The lowest BCUT2D eigenvalue weighted by Gasteiger charge is -2.42. The summed E-state index contributed by atoms with van der Waals surface area (Å²) >= 11 is 0. The smallest absolute Gasteiger partial charge is 0.172 e. The highest BCUT2D eigenvalue weighted by Gasteiger charge is 2.36. The third-order valence-corrected chi connectivity index (χ3v) is 7.73. The Morgan fingerprint density at radius 3 is 2.65 bits per heavy atom. The number of unbranched alkanes of at least 4 members (excludes halogenated alkanes) is 1. The average molecular weight is 427 g/mol. The molecule has 0 spiro atoms. The van der Waals surface area contributed by atoms with Crippen LogP contribution in [0.2, 0.25) is 0 Å². The predicted octanol–water partition coefficient (Wildman–Crippen LogP) is 8.56. The quantitative estimate of drug-likeness (QED) is 0.403. The van der Waals surface area contributed by atoms with Gasteiger partial charge in [-0.3, -0.25) is 0 Å². The maximum Gasteiger partial charge on any atom is 0.172 e. The molecule has 0 bridgehead atoms. The minimum absolute atomic E-state index is 0.179. The molecule has 2 fully saturated rings. The van der Waals surface area contributed by atoms with E-state index in [1.54, 1.807) is 6.07 Å². The highest BCUT2D eigenvalue weighted by Crippen LogP contribution is 2.49. The fourth-order valence-electron chi connectivity index (χ4n) is 5.99. The zero-order valence-electron chi connectivity index (χ0n) is 19.0. The van der Waals surface area contributed by atoms with Gasteiger partial charge in [0.2, 0.25) is 0 Å². The van der Waals surface area contributed by atoms with Crippen molar-refractivity contribution in [1.29, 1.82) is 0 Å². The van der Waals surface area contributed by atoms with Gasteiger partial charge in [0.15, 0.2) is 11.6 Å². The first-order valence-electron chi connectivity index (χ1n) is 12.3. The first-order valence-corrected chi connectivity index (χ1v) is 12.3. The second-order valence-corrected chi connectivity index (χ2v) is 9.70. The standard InChI is InChI=1S/C28H36F2O/c1-3-5-7-19-8-9-21-16-22(11-10-20(21)15-19)24-17-23-12-13-27(31-14-6-4-2)28(30)25(23)18-26(24)29/h4,6,12-13,17-22H,3,5,7-11,14-16H2,1-2H3/b6-4+. The van der Waals surface area contributed by atoms with Crippen molar-refractivity contribution in [3.63, 3.8) is 0 Å². The largest absolute Gasteiger partial charge is 0.486 e. The van der Waals surface area contributed by atoms with E-state index in [-0.39, 0.29) is 17.5 Å². The molecule has 31 heavy (non-hydrogen) atoms. The molecular formula is C28H36F2O. The third kappa shape index (κ3) is 4.96. The number of halogens is 2. The zero-order chi connectivity index (χ0) is 21.8. The van der Waals surface area contributed by atoms with Crippen molar-refractivity contribution in [2.24, 2.45) is 17.8 Å². The monoisotopic (exact) mass is 426 g/mol. The number of benzene rings is 2. The van der Waals surface area contributed by atoms with Crippen LogP contribution in [-0.2, 0) is 0 Å². The molecule has 4 unspecified atom stereocenters. The molecule has 3 heteroatoms. The topological polar surface area (TPSA) is 9.23 Å². The molecule has 4 rings (SSSR count). The molecule has 0 amide bonds. The zero-order valence-corrected chi connectivity index (χ0v) is 19.0. The van der Waals surface area contributed by atoms with Crippen LogP contribution in [0, 0.1) is 29.4 Å². The Morgan fingerprint density at radius 1 is 1.03 bits per heavy atom. The van der Waals surface area contributed by atoms with E-state index in [1.807, 2.05) is 31.2 Å². The van der Waals surface area contributed by atoms with E-state index in [1.165, 1.54) is 51.0 Å². The highest BCUT2D eigenvalue weighted by molar-refractivity contribution is 5.85. The molecule has 2 aliphatic rings.